The van der Waals surface area contributed by atoms with Crippen LogP contribution in [0.5, 0.6) is 0 Å². The maximum Gasteiger partial charge on any atom is 0.256 e. The van der Waals surface area contributed by atoms with Crippen LogP contribution < -0.4 is 5.32 Å². The average molecular weight is 548 g/mol. The molecular weight excluding hydrogens is 524 g/mol. The maximum atomic E-state index is 14.5. The van der Waals surface area contributed by atoms with E-state index in [-0.39, 0.29) is 36.4 Å². The normalized spacial score (nSPS) is 15.5. The van der Waals surface area contributed by atoms with Crippen molar-refractivity contribution in [2.75, 3.05) is 25.0 Å². The Hall–Kier alpha value is -1.85. The van der Waals surface area contributed by atoms with Gasteiger partial charge in [0, 0.05) is 10.2 Å². The maximum absolute atomic E-state index is 14.5. The van der Waals surface area contributed by atoms with E-state index in [2.05, 4.69) is 5.32 Å². The Labute approximate surface area is 192 Å². The number of aliphatic hydroxyl groups is 2. The smallest absolute Gasteiger partial charge is 0.256 e. The van der Waals surface area contributed by atoms with E-state index in [0.29, 0.717) is 16.4 Å². The van der Waals surface area contributed by atoms with Crippen molar-refractivity contribution in [1.82, 2.24) is 4.90 Å². The summed E-state index contributed by atoms with van der Waals surface area (Å²) in [5.74, 6) is -3.72. The molecule has 0 saturated carbocycles. The lowest BCUT2D eigenvalue weighted by Gasteiger charge is -2.47. The lowest BCUT2D eigenvalue weighted by atomic mass is 9.80. The number of hydrogen-bond donors (Lipinski definition) is 3. The fraction of sp³-hybridized carbons (Fsp3) is 0.409. The first-order valence-electron chi connectivity index (χ1n) is 9.77. The summed E-state index contributed by atoms with van der Waals surface area (Å²) in [6.45, 7) is 3.79. The van der Waals surface area contributed by atoms with Gasteiger partial charge >= 0.3 is 0 Å². The van der Waals surface area contributed by atoms with Crippen LogP contribution in [0.4, 0.5) is 24.5 Å². The van der Waals surface area contributed by atoms with Gasteiger partial charge < -0.3 is 20.4 Å². The van der Waals surface area contributed by atoms with Gasteiger partial charge in [0.05, 0.1) is 35.6 Å². The summed E-state index contributed by atoms with van der Waals surface area (Å²) in [6.07, 6.45) is 0.952. The van der Waals surface area contributed by atoms with Crippen molar-refractivity contribution in [3.63, 3.8) is 0 Å². The van der Waals surface area contributed by atoms with Gasteiger partial charge in [-0.15, -0.1) is 0 Å². The topological polar surface area (TPSA) is 72.8 Å². The number of benzene rings is 2. The van der Waals surface area contributed by atoms with E-state index in [1.807, 2.05) is 36.4 Å². The molecule has 0 unspecified atom stereocenters. The zero-order valence-corrected chi connectivity index (χ0v) is 19.3. The molecule has 2 aromatic carbocycles. The molecule has 1 amide bonds. The number of nitrogens with zero attached hydrogens (tertiary/aromatic N) is 1. The molecule has 31 heavy (non-hydrogen) atoms. The molecule has 3 N–H and O–H groups in total. The van der Waals surface area contributed by atoms with Gasteiger partial charge in [-0.2, -0.15) is 0 Å². The molecule has 168 valence electrons. The molecule has 1 saturated heterocycles. The average Bonchev–Trinajstić information content (AvgIpc) is 2.69. The highest BCUT2D eigenvalue weighted by molar-refractivity contribution is 14.1. The SMILES string of the molecule is CC(C)(CO)CCC1(O)CN(C(=O)c2ccc(F)c(F)c2Nc2ccc(I)cc2F)C1. The minimum atomic E-state index is -1.29. The van der Waals surface area contributed by atoms with Crippen molar-refractivity contribution in [2.24, 2.45) is 5.41 Å². The number of anilines is 2. The Balaban J connectivity index is 1.79. The fourth-order valence-corrected chi connectivity index (χ4v) is 3.82. The van der Waals surface area contributed by atoms with Crippen molar-refractivity contribution >= 4 is 39.9 Å². The van der Waals surface area contributed by atoms with Gasteiger partial charge in [0.1, 0.15) is 5.82 Å². The van der Waals surface area contributed by atoms with Gasteiger partial charge in [-0.1, -0.05) is 13.8 Å². The predicted molar refractivity (Wildman–Crippen MR) is 120 cm³/mol. The summed E-state index contributed by atoms with van der Waals surface area (Å²) < 4.78 is 43.2. The molecule has 0 atom stereocenters. The largest absolute Gasteiger partial charge is 0.396 e. The standard InChI is InChI=1S/C22H24F3IN2O3/c1-21(2,12-29)7-8-22(31)10-28(11-22)20(30)14-4-5-15(23)18(25)19(14)27-17-6-3-13(26)9-16(17)24/h3-6,9,27,29,31H,7-8,10-12H2,1-2H3. The van der Waals surface area contributed by atoms with E-state index in [0.717, 1.165) is 12.1 Å². The molecule has 1 heterocycles. The van der Waals surface area contributed by atoms with E-state index >= 15 is 0 Å². The van der Waals surface area contributed by atoms with Crippen LogP contribution in [0.2, 0.25) is 0 Å². The second kappa shape index (κ2) is 8.95. The van der Waals surface area contributed by atoms with E-state index in [4.69, 9.17) is 0 Å². The van der Waals surface area contributed by atoms with Crippen molar-refractivity contribution in [2.45, 2.75) is 32.3 Å². The van der Waals surface area contributed by atoms with E-state index in [9.17, 15) is 28.2 Å². The summed E-state index contributed by atoms with van der Waals surface area (Å²) in [5, 5.41) is 22.5. The van der Waals surface area contributed by atoms with Gasteiger partial charge in [-0.05, 0) is 71.2 Å². The Morgan fingerprint density at radius 1 is 1.19 bits per heavy atom. The first kappa shape index (κ1) is 23.8. The fourth-order valence-electron chi connectivity index (χ4n) is 3.36. The molecule has 2 aromatic rings. The van der Waals surface area contributed by atoms with Crippen LogP contribution in [0.1, 0.15) is 37.0 Å². The minimum absolute atomic E-state index is 0.0231. The number of amides is 1. The van der Waals surface area contributed by atoms with E-state index in [1.165, 1.54) is 17.0 Å². The summed E-state index contributed by atoms with van der Waals surface area (Å²) in [4.78, 5) is 14.3. The van der Waals surface area contributed by atoms with Crippen molar-refractivity contribution in [3.05, 3.63) is 56.9 Å². The lowest BCUT2D eigenvalue weighted by molar-refractivity contribution is -0.0924. The Bertz CT molecular complexity index is 994. The molecule has 0 aromatic heterocycles. The van der Waals surface area contributed by atoms with Gasteiger partial charge in [0.15, 0.2) is 11.6 Å². The summed E-state index contributed by atoms with van der Waals surface area (Å²) in [6, 6.07) is 6.17. The molecular formula is C22H24F3IN2O3. The van der Waals surface area contributed by atoms with Crippen molar-refractivity contribution in [1.29, 1.82) is 0 Å². The Morgan fingerprint density at radius 2 is 1.87 bits per heavy atom. The third kappa shape index (κ3) is 5.32. The second-order valence-corrected chi connectivity index (χ2v) is 9.99. The first-order valence-corrected chi connectivity index (χ1v) is 10.9. The van der Waals surface area contributed by atoms with Crippen molar-refractivity contribution in [3.8, 4) is 0 Å². The monoisotopic (exact) mass is 548 g/mol. The number of β-amino-alcohol motifs (C(OH)–C–C–N with tert-alkyl or cyclic N) is 1. The number of likely N-dealkylation sites (tertiary alicyclic amines) is 1. The molecule has 0 spiro atoms. The molecule has 3 rings (SSSR count). The third-order valence-electron chi connectivity index (χ3n) is 5.47. The molecule has 0 aliphatic carbocycles. The summed E-state index contributed by atoms with van der Waals surface area (Å²) in [7, 11) is 0. The number of halogens is 4. The molecule has 1 fully saturated rings. The van der Waals surface area contributed by atoms with Crippen LogP contribution >= 0.6 is 22.6 Å². The minimum Gasteiger partial charge on any atom is -0.396 e. The lowest BCUT2D eigenvalue weighted by Crippen LogP contribution is -2.63. The molecule has 0 radical (unpaired) electrons. The third-order valence-corrected chi connectivity index (χ3v) is 6.14. The molecule has 0 bridgehead atoms. The molecule has 1 aliphatic heterocycles. The molecule has 9 heteroatoms. The first-order chi connectivity index (χ1) is 14.4. The zero-order valence-electron chi connectivity index (χ0n) is 17.2. The second-order valence-electron chi connectivity index (χ2n) is 8.74. The Kier molecular flexibility index (Phi) is 6.87. The highest BCUT2D eigenvalue weighted by Gasteiger charge is 2.44. The van der Waals surface area contributed by atoms with Gasteiger partial charge in [-0.3, -0.25) is 4.79 Å². The highest BCUT2D eigenvalue weighted by atomic mass is 127. The van der Waals surface area contributed by atoms with Crippen molar-refractivity contribution < 1.29 is 28.2 Å². The summed E-state index contributed by atoms with van der Waals surface area (Å²) in [5.41, 5.74) is -2.16. The number of carbonyl (C=O) groups excluding carboxylic acids is 1. The molecule has 5 nitrogen and oxygen atoms in total. The summed E-state index contributed by atoms with van der Waals surface area (Å²) >= 11 is 1.92. The van der Waals surface area contributed by atoms with Crippen LogP contribution in [-0.2, 0) is 0 Å². The number of aliphatic hydroxyl groups excluding tert-OH is 1. The van der Waals surface area contributed by atoms with Crippen LogP contribution in [0.15, 0.2) is 30.3 Å². The van der Waals surface area contributed by atoms with E-state index in [1.54, 1.807) is 6.07 Å². The highest BCUT2D eigenvalue weighted by Crippen LogP contribution is 2.35. The number of nitrogens with one attached hydrogen (secondary N) is 1. The molecule has 1 aliphatic rings. The van der Waals surface area contributed by atoms with Crippen LogP contribution in [0.25, 0.3) is 0 Å². The van der Waals surface area contributed by atoms with Crippen LogP contribution in [-0.4, -0.2) is 46.3 Å². The number of carbonyl (C=O) groups is 1. The van der Waals surface area contributed by atoms with Gasteiger partial charge in [0.2, 0.25) is 0 Å². The zero-order chi connectivity index (χ0) is 23.0. The number of rotatable bonds is 7. The van der Waals surface area contributed by atoms with Gasteiger partial charge in [-0.25, -0.2) is 13.2 Å². The van der Waals surface area contributed by atoms with Gasteiger partial charge in [0.25, 0.3) is 5.91 Å². The van der Waals surface area contributed by atoms with Crippen LogP contribution in [0.3, 0.4) is 0 Å². The Morgan fingerprint density at radius 3 is 2.48 bits per heavy atom. The van der Waals surface area contributed by atoms with E-state index < -0.39 is 34.6 Å². The van der Waals surface area contributed by atoms with Crippen LogP contribution in [0, 0.1) is 26.4 Å². The predicted octanol–water partition coefficient (Wildman–Crippen LogP) is 4.44. The number of hydrogen-bond acceptors (Lipinski definition) is 4. The quantitative estimate of drug-likeness (QED) is 0.448.